The second-order valence-corrected chi connectivity index (χ2v) is 4.81. The van der Waals surface area contributed by atoms with Crippen molar-refractivity contribution in [2.24, 2.45) is 0 Å². The van der Waals surface area contributed by atoms with E-state index in [1.807, 2.05) is 0 Å². The average molecular weight is 281 g/mol. The van der Waals surface area contributed by atoms with Crippen molar-refractivity contribution in [2.75, 3.05) is 0 Å². The first-order chi connectivity index (χ1) is 8.90. The Morgan fingerprint density at radius 3 is 2.26 bits per heavy atom. The van der Waals surface area contributed by atoms with Crippen molar-refractivity contribution in [3.05, 3.63) is 69.2 Å². The minimum atomic E-state index is -0.859. The van der Waals surface area contributed by atoms with E-state index in [0.717, 1.165) is 6.07 Å². The largest absolute Gasteiger partial charge is 0.288 e. The molecule has 0 saturated carbocycles. The van der Waals surface area contributed by atoms with E-state index >= 15 is 0 Å². The fourth-order valence-electron chi connectivity index (χ4n) is 1.86. The maximum Gasteiger partial charge on any atom is 0.196 e. The van der Waals surface area contributed by atoms with Gasteiger partial charge in [-0.05, 0) is 49.2 Å². The Hall–Kier alpha value is -1.74. The first kappa shape index (κ1) is 13.7. The number of hydrogen-bond donors (Lipinski definition) is 0. The summed E-state index contributed by atoms with van der Waals surface area (Å²) in [5.41, 5.74) is 1.11. The Balaban J connectivity index is 2.53. The van der Waals surface area contributed by atoms with Crippen molar-refractivity contribution in [3.8, 4) is 0 Å². The van der Waals surface area contributed by atoms with Gasteiger partial charge in [0.1, 0.15) is 11.6 Å². The van der Waals surface area contributed by atoms with Crippen LogP contribution in [-0.2, 0) is 0 Å². The lowest BCUT2D eigenvalue weighted by Crippen LogP contribution is -2.07. The van der Waals surface area contributed by atoms with Crippen molar-refractivity contribution in [1.29, 1.82) is 0 Å². The summed E-state index contributed by atoms with van der Waals surface area (Å²) in [5.74, 6) is -2.00. The van der Waals surface area contributed by atoms with Gasteiger partial charge in [-0.25, -0.2) is 8.78 Å². The molecular weight excluding hydrogens is 270 g/mol. The molecule has 0 radical (unpaired) electrons. The first-order valence-corrected chi connectivity index (χ1v) is 6.04. The van der Waals surface area contributed by atoms with Gasteiger partial charge in [0.15, 0.2) is 5.78 Å². The third-order valence-electron chi connectivity index (χ3n) is 2.93. The predicted molar refractivity (Wildman–Crippen MR) is 70.7 cm³/mol. The lowest BCUT2D eigenvalue weighted by molar-refractivity contribution is 0.103. The van der Waals surface area contributed by atoms with Crippen LogP contribution in [0.4, 0.5) is 8.78 Å². The number of aryl methyl sites for hydroxylation is 2. The zero-order valence-corrected chi connectivity index (χ0v) is 11.2. The van der Waals surface area contributed by atoms with Crippen LogP contribution in [0.3, 0.4) is 0 Å². The molecule has 0 aliphatic carbocycles. The maximum absolute atomic E-state index is 13.7. The number of carbonyl (C=O) groups is 1. The Bertz CT molecular complexity index is 665. The zero-order chi connectivity index (χ0) is 14.2. The molecule has 0 atom stereocenters. The maximum atomic E-state index is 13.7. The minimum Gasteiger partial charge on any atom is -0.288 e. The van der Waals surface area contributed by atoms with Crippen LogP contribution in [0.1, 0.15) is 27.0 Å². The summed E-state index contributed by atoms with van der Waals surface area (Å²) < 4.78 is 26.9. The molecule has 0 heterocycles. The molecule has 0 N–H and O–H groups in total. The molecule has 1 nitrogen and oxygen atoms in total. The molecule has 0 bridgehead atoms. The summed E-state index contributed by atoms with van der Waals surface area (Å²) >= 11 is 5.81. The highest BCUT2D eigenvalue weighted by molar-refractivity contribution is 6.30. The quantitative estimate of drug-likeness (QED) is 0.742. The van der Waals surface area contributed by atoms with Crippen molar-refractivity contribution in [3.63, 3.8) is 0 Å². The van der Waals surface area contributed by atoms with Crippen LogP contribution in [-0.4, -0.2) is 5.78 Å². The van der Waals surface area contributed by atoms with Gasteiger partial charge in [-0.1, -0.05) is 11.6 Å². The second kappa shape index (κ2) is 5.10. The van der Waals surface area contributed by atoms with E-state index < -0.39 is 17.4 Å². The monoisotopic (exact) mass is 280 g/mol. The van der Waals surface area contributed by atoms with Gasteiger partial charge >= 0.3 is 0 Å². The summed E-state index contributed by atoms with van der Waals surface area (Å²) in [6, 6.07) is 6.69. The molecule has 0 aliphatic heterocycles. The van der Waals surface area contributed by atoms with Gasteiger partial charge < -0.3 is 0 Å². The van der Waals surface area contributed by atoms with Gasteiger partial charge in [0, 0.05) is 16.7 Å². The van der Waals surface area contributed by atoms with E-state index in [2.05, 4.69) is 0 Å². The number of carbonyl (C=O) groups excluding carboxylic acids is 1. The molecule has 2 rings (SSSR count). The topological polar surface area (TPSA) is 17.1 Å². The fourth-order valence-corrected chi connectivity index (χ4v) is 2.08. The van der Waals surface area contributed by atoms with Crippen LogP contribution in [0, 0.1) is 25.5 Å². The van der Waals surface area contributed by atoms with Crippen molar-refractivity contribution < 1.29 is 13.6 Å². The summed E-state index contributed by atoms with van der Waals surface area (Å²) in [7, 11) is 0. The Kier molecular flexibility index (Phi) is 3.67. The molecule has 4 heteroatoms. The van der Waals surface area contributed by atoms with E-state index in [0.29, 0.717) is 16.1 Å². The lowest BCUT2D eigenvalue weighted by Gasteiger charge is -2.08. The third kappa shape index (κ3) is 2.66. The predicted octanol–water partition coefficient (Wildman–Crippen LogP) is 4.47. The van der Waals surface area contributed by atoms with E-state index in [4.69, 9.17) is 11.6 Å². The van der Waals surface area contributed by atoms with Gasteiger partial charge in [-0.3, -0.25) is 4.79 Å². The fraction of sp³-hybridized carbons (Fsp3) is 0.133. The van der Waals surface area contributed by atoms with Crippen molar-refractivity contribution in [2.45, 2.75) is 13.8 Å². The summed E-state index contributed by atoms with van der Waals surface area (Å²) in [6.07, 6.45) is 0. The zero-order valence-electron chi connectivity index (χ0n) is 10.4. The number of ketones is 1. The normalized spacial score (nSPS) is 10.6. The lowest BCUT2D eigenvalue weighted by atomic mass is 9.97. The summed E-state index contributed by atoms with van der Waals surface area (Å²) in [4.78, 5) is 12.3. The molecule has 0 unspecified atom stereocenters. The molecule has 98 valence electrons. The van der Waals surface area contributed by atoms with Gasteiger partial charge in [0.2, 0.25) is 0 Å². The molecule has 0 saturated heterocycles. The molecule has 0 amide bonds. The van der Waals surface area contributed by atoms with Gasteiger partial charge in [0.25, 0.3) is 0 Å². The molecule has 2 aromatic carbocycles. The van der Waals surface area contributed by atoms with Crippen LogP contribution in [0.25, 0.3) is 0 Å². The molecule has 0 fully saturated rings. The van der Waals surface area contributed by atoms with E-state index in [-0.39, 0.29) is 11.1 Å². The molecule has 0 aromatic heterocycles. The molecule has 0 aliphatic rings. The highest BCUT2D eigenvalue weighted by Crippen LogP contribution is 2.21. The third-order valence-corrected chi connectivity index (χ3v) is 3.16. The minimum absolute atomic E-state index is 0.135. The number of halogens is 3. The highest BCUT2D eigenvalue weighted by atomic mass is 35.5. The van der Waals surface area contributed by atoms with Crippen LogP contribution in [0.2, 0.25) is 5.02 Å². The average Bonchev–Trinajstić information content (AvgIpc) is 2.33. The standard InChI is InChI=1S/C15H11ClF2O/c1-8-5-10(16)3-4-11(8)15(19)12-6-9(2)13(17)7-14(12)18/h3-7H,1-2H3. The number of benzene rings is 2. The second-order valence-electron chi connectivity index (χ2n) is 4.37. The van der Waals surface area contributed by atoms with Gasteiger partial charge in [0.05, 0.1) is 5.56 Å². The Morgan fingerprint density at radius 1 is 0.947 bits per heavy atom. The van der Waals surface area contributed by atoms with Crippen LogP contribution in [0.5, 0.6) is 0 Å². The first-order valence-electron chi connectivity index (χ1n) is 5.66. The van der Waals surface area contributed by atoms with E-state index in [1.54, 1.807) is 19.1 Å². The Morgan fingerprint density at radius 2 is 1.63 bits per heavy atom. The van der Waals surface area contributed by atoms with E-state index in [1.165, 1.54) is 19.1 Å². The van der Waals surface area contributed by atoms with Gasteiger partial charge in [-0.2, -0.15) is 0 Å². The molecule has 2 aromatic rings. The summed E-state index contributed by atoms with van der Waals surface area (Å²) in [5, 5.41) is 0.504. The number of rotatable bonds is 2. The van der Waals surface area contributed by atoms with Crippen LogP contribution >= 0.6 is 11.6 Å². The summed E-state index contributed by atoms with van der Waals surface area (Å²) in [6.45, 7) is 3.20. The van der Waals surface area contributed by atoms with Crippen LogP contribution in [0.15, 0.2) is 30.3 Å². The van der Waals surface area contributed by atoms with E-state index in [9.17, 15) is 13.6 Å². The highest BCUT2D eigenvalue weighted by Gasteiger charge is 2.18. The van der Waals surface area contributed by atoms with Crippen molar-refractivity contribution >= 4 is 17.4 Å². The van der Waals surface area contributed by atoms with Crippen molar-refractivity contribution in [1.82, 2.24) is 0 Å². The Labute approximate surface area is 114 Å². The van der Waals surface area contributed by atoms with Crippen LogP contribution < -0.4 is 0 Å². The van der Waals surface area contributed by atoms with Gasteiger partial charge in [-0.15, -0.1) is 0 Å². The smallest absolute Gasteiger partial charge is 0.196 e. The molecular formula is C15H11ClF2O. The molecule has 19 heavy (non-hydrogen) atoms. The molecule has 0 spiro atoms. The number of hydrogen-bond acceptors (Lipinski definition) is 1. The SMILES string of the molecule is Cc1cc(C(=O)c2ccc(Cl)cc2C)c(F)cc1F.